The molecular formula is C11H14O2. The lowest BCUT2D eigenvalue weighted by Gasteiger charge is -2.49. The molecule has 0 radical (unpaired) electrons. The third-order valence-corrected chi connectivity index (χ3v) is 5.46. The van der Waals surface area contributed by atoms with Crippen LogP contribution in [0.25, 0.3) is 0 Å². The highest BCUT2D eigenvalue weighted by atomic mass is 16.6. The second kappa shape index (κ2) is 1.51. The zero-order valence-electron chi connectivity index (χ0n) is 7.99. The summed E-state index contributed by atoms with van der Waals surface area (Å²) in [4.78, 5) is 0. The molecule has 0 spiro atoms. The predicted molar refractivity (Wildman–Crippen MR) is 46.7 cm³/mol. The van der Waals surface area contributed by atoms with E-state index in [1.54, 1.807) is 12.5 Å². The quantitative estimate of drug-likeness (QED) is 0.564. The Balaban J connectivity index is 1.84. The first-order valence-electron chi connectivity index (χ1n) is 5.15. The molecule has 0 N–H and O–H groups in total. The summed E-state index contributed by atoms with van der Waals surface area (Å²) in [6.45, 7) is 4.79. The van der Waals surface area contributed by atoms with E-state index >= 15 is 0 Å². The van der Waals surface area contributed by atoms with Crippen molar-refractivity contribution in [2.24, 2.45) is 22.7 Å². The van der Waals surface area contributed by atoms with Crippen molar-refractivity contribution in [3.05, 3.63) is 12.5 Å². The third kappa shape index (κ3) is 0.423. The maximum Gasteiger partial charge on any atom is 0.141 e. The first kappa shape index (κ1) is 6.74. The number of rotatable bonds is 0. The minimum Gasteiger partial charge on any atom is -0.491 e. The van der Waals surface area contributed by atoms with Gasteiger partial charge in [0.1, 0.15) is 24.7 Å². The third-order valence-electron chi connectivity index (χ3n) is 5.46. The number of hydrogen-bond donors (Lipinski definition) is 0. The molecule has 4 aliphatic rings. The standard InChI is InChI=1S/C11H14O2/c1-10-5-6-7(11(6,10)2)8-9(10)13-4-3-12-8/h3-4,6-9H,5H2,1-2H3. The minimum atomic E-state index is 0.331. The topological polar surface area (TPSA) is 18.5 Å². The van der Waals surface area contributed by atoms with E-state index in [1.807, 2.05) is 0 Å². The van der Waals surface area contributed by atoms with Crippen molar-refractivity contribution in [2.75, 3.05) is 0 Å². The van der Waals surface area contributed by atoms with E-state index in [0.717, 1.165) is 11.8 Å². The van der Waals surface area contributed by atoms with Crippen LogP contribution in [0.15, 0.2) is 12.5 Å². The van der Waals surface area contributed by atoms with Crippen LogP contribution in [-0.4, -0.2) is 12.2 Å². The van der Waals surface area contributed by atoms with E-state index in [2.05, 4.69) is 13.8 Å². The van der Waals surface area contributed by atoms with Gasteiger partial charge in [0.2, 0.25) is 0 Å². The lowest BCUT2D eigenvalue weighted by Crippen LogP contribution is -2.51. The average Bonchev–Trinajstić information content (AvgIpc) is 2.61. The van der Waals surface area contributed by atoms with Gasteiger partial charge in [0.05, 0.1) is 0 Å². The van der Waals surface area contributed by atoms with E-state index in [4.69, 9.17) is 9.47 Å². The molecule has 2 heteroatoms. The molecule has 6 atom stereocenters. The fourth-order valence-electron chi connectivity index (χ4n) is 4.49. The van der Waals surface area contributed by atoms with Gasteiger partial charge in [-0.15, -0.1) is 0 Å². The highest BCUT2D eigenvalue weighted by Crippen LogP contribution is 2.88. The number of ether oxygens (including phenoxy) is 2. The Labute approximate surface area is 77.9 Å². The second-order valence-corrected chi connectivity index (χ2v) is 5.47. The van der Waals surface area contributed by atoms with Crippen molar-refractivity contribution in [3.8, 4) is 0 Å². The van der Waals surface area contributed by atoms with E-state index in [1.165, 1.54) is 6.42 Å². The summed E-state index contributed by atoms with van der Waals surface area (Å²) in [6, 6.07) is 0. The molecule has 3 saturated carbocycles. The molecule has 1 heterocycles. The highest BCUT2D eigenvalue weighted by molar-refractivity contribution is 5.36. The van der Waals surface area contributed by atoms with Crippen LogP contribution < -0.4 is 0 Å². The molecule has 0 bridgehead atoms. The average molecular weight is 178 g/mol. The van der Waals surface area contributed by atoms with E-state index < -0.39 is 0 Å². The van der Waals surface area contributed by atoms with E-state index in [-0.39, 0.29) is 0 Å². The van der Waals surface area contributed by atoms with Crippen LogP contribution in [-0.2, 0) is 9.47 Å². The molecule has 13 heavy (non-hydrogen) atoms. The van der Waals surface area contributed by atoms with Gasteiger partial charge in [0, 0.05) is 11.3 Å². The number of hydrogen-bond acceptors (Lipinski definition) is 2. The normalized spacial score (nSPS) is 70.0. The van der Waals surface area contributed by atoms with Crippen LogP contribution in [0.1, 0.15) is 20.3 Å². The Morgan fingerprint density at radius 3 is 2.77 bits per heavy atom. The molecule has 2 nitrogen and oxygen atoms in total. The van der Waals surface area contributed by atoms with Gasteiger partial charge in [0.15, 0.2) is 0 Å². The van der Waals surface area contributed by atoms with Gasteiger partial charge in [-0.3, -0.25) is 0 Å². The monoisotopic (exact) mass is 178 g/mol. The Morgan fingerprint density at radius 2 is 2.00 bits per heavy atom. The molecule has 4 rings (SSSR count). The van der Waals surface area contributed by atoms with Gasteiger partial charge in [-0.1, -0.05) is 13.8 Å². The molecule has 0 aromatic rings. The van der Waals surface area contributed by atoms with Crippen molar-refractivity contribution in [1.82, 2.24) is 0 Å². The van der Waals surface area contributed by atoms with Gasteiger partial charge in [-0.05, 0) is 17.8 Å². The number of fused-ring (bicyclic) bond motifs is 4. The molecule has 3 fully saturated rings. The van der Waals surface area contributed by atoms with E-state index in [9.17, 15) is 0 Å². The van der Waals surface area contributed by atoms with Crippen LogP contribution in [0.5, 0.6) is 0 Å². The van der Waals surface area contributed by atoms with Crippen LogP contribution in [0.2, 0.25) is 0 Å². The van der Waals surface area contributed by atoms with Gasteiger partial charge >= 0.3 is 0 Å². The van der Waals surface area contributed by atoms with Crippen molar-refractivity contribution < 1.29 is 9.47 Å². The summed E-state index contributed by atoms with van der Waals surface area (Å²) in [7, 11) is 0. The summed E-state index contributed by atoms with van der Waals surface area (Å²) in [5, 5.41) is 0. The van der Waals surface area contributed by atoms with Gasteiger partial charge in [-0.25, -0.2) is 0 Å². The molecule has 0 amide bonds. The molecule has 0 aromatic carbocycles. The summed E-state index contributed by atoms with van der Waals surface area (Å²) in [5.41, 5.74) is 0.951. The fourth-order valence-corrected chi connectivity index (χ4v) is 4.49. The Kier molecular flexibility index (Phi) is 0.783. The molecule has 0 aromatic heterocycles. The van der Waals surface area contributed by atoms with Crippen LogP contribution in [0, 0.1) is 22.7 Å². The maximum atomic E-state index is 5.72. The maximum absolute atomic E-state index is 5.72. The second-order valence-electron chi connectivity index (χ2n) is 5.47. The predicted octanol–water partition coefficient (Wildman–Crippen LogP) is 1.92. The van der Waals surface area contributed by atoms with Crippen LogP contribution in [0.3, 0.4) is 0 Å². The molecule has 3 aliphatic carbocycles. The largest absolute Gasteiger partial charge is 0.491 e. The summed E-state index contributed by atoms with van der Waals surface area (Å²) < 4.78 is 11.4. The highest BCUT2D eigenvalue weighted by Gasteiger charge is 2.89. The van der Waals surface area contributed by atoms with Crippen LogP contribution >= 0.6 is 0 Å². The van der Waals surface area contributed by atoms with Gasteiger partial charge in [0.25, 0.3) is 0 Å². The van der Waals surface area contributed by atoms with Crippen molar-refractivity contribution in [3.63, 3.8) is 0 Å². The van der Waals surface area contributed by atoms with Gasteiger partial charge in [-0.2, -0.15) is 0 Å². The van der Waals surface area contributed by atoms with E-state index in [0.29, 0.717) is 23.0 Å². The van der Waals surface area contributed by atoms with Crippen LogP contribution in [0.4, 0.5) is 0 Å². The lowest BCUT2D eigenvalue weighted by atomic mass is 9.59. The molecular weight excluding hydrogens is 164 g/mol. The summed E-state index contributed by atoms with van der Waals surface area (Å²) in [6.07, 6.45) is 5.48. The zero-order valence-corrected chi connectivity index (χ0v) is 7.99. The first-order chi connectivity index (χ1) is 6.19. The smallest absolute Gasteiger partial charge is 0.141 e. The molecule has 70 valence electrons. The van der Waals surface area contributed by atoms with Gasteiger partial charge < -0.3 is 9.47 Å². The Bertz CT molecular complexity index is 324. The first-order valence-corrected chi connectivity index (χ1v) is 5.15. The Morgan fingerprint density at radius 1 is 1.23 bits per heavy atom. The SMILES string of the molecule is CC12CC3C(C4OC=COC41)C32C. The molecule has 0 saturated heterocycles. The molecule has 1 aliphatic heterocycles. The lowest BCUT2D eigenvalue weighted by molar-refractivity contribution is -0.134. The van der Waals surface area contributed by atoms with Crippen molar-refractivity contribution in [1.29, 1.82) is 0 Å². The zero-order chi connectivity index (χ0) is 8.84. The minimum absolute atomic E-state index is 0.331. The molecule has 6 unspecified atom stereocenters. The van der Waals surface area contributed by atoms with Crippen molar-refractivity contribution in [2.45, 2.75) is 32.5 Å². The van der Waals surface area contributed by atoms with Crippen molar-refractivity contribution >= 4 is 0 Å². The Hall–Kier alpha value is -0.660. The summed E-state index contributed by atoms with van der Waals surface area (Å²) in [5.74, 6) is 1.72. The fraction of sp³-hybridized carbons (Fsp3) is 0.818. The summed E-state index contributed by atoms with van der Waals surface area (Å²) >= 11 is 0.